The zero-order valence-electron chi connectivity index (χ0n) is 18.5. The minimum atomic E-state index is -2.68. The van der Waals surface area contributed by atoms with E-state index < -0.39 is 11.7 Å². The van der Waals surface area contributed by atoms with Gasteiger partial charge in [0.15, 0.2) is 11.5 Å². The van der Waals surface area contributed by atoms with Crippen LogP contribution in [-0.4, -0.2) is 42.4 Å². The van der Waals surface area contributed by atoms with Crippen molar-refractivity contribution in [3.05, 3.63) is 83.7 Å². The zero-order chi connectivity index (χ0) is 24.1. The second-order valence-corrected chi connectivity index (χ2v) is 8.35. The van der Waals surface area contributed by atoms with Gasteiger partial charge in [-0.15, -0.1) is 0 Å². The van der Waals surface area contributed by atoms with Crippen molar-refractivity contribution < 1.29 is 23.0 Å². The molecule has 4 aromatic rings. The standard InChI is InChI=1S/C25H23F2N3O3S/c1-32-21-11-5-8-16(22(21)33-2)19(18-13-29-20-10-4-3-7-15(18)20)14-30-23(31)17-9-6-12-28-24(17)34-25(26)27/h3-13,19,25,29H,14H2,1-2H3,(H,30,31). The SMILES string of the molecule is COc1cccc(C(CNC(=O)c2cccnc2SC(F)F)c2c[nH]c3ccccc23)c1OC. The number of aromatic amines is 1. The van der Waals surface area contributed by atoms with Gasteiger partial charge in [0.05, 0.1) is 19.8 Å². The van der Waals surface area contributed by atoms with Crippen LogP contribution in [0.15, 0.2) is 72.0 Å². The molecule has 176 valence electrons. The van der Waals surface area contributed by atoms with Crippen molar-refractivity contribution in [1.82, 2.24) is 15.3 Å². The average molecular weight is 484 g/mol. The molecular formula is C25H23F2N3O3S. The molecule has 1 unspecified atom stereocenters. The lowest BCUT2D eigenvalue weighted by Gasteiger charge is -2.22. The first kappa shape index (κ1) is 23.6. The molecule has 2 N–H and O–H groups in total. The molecule has 4 rings (SSSR count). The molecule has 0 radical (unpaired) electrons. The predicted octanol–water partition coefficient (Wildman–Crippen LogP) is 5.46. The van der Waals surface area contributed by atoms with Crippen molar-refractivity contribution in [2.24, 2.45) is 0 Å². The number of aromatic nitrogens is 2. The van der Waals surface area contributed by atoms with Gasteiger partial charge in [-0.3, -0.25) is 4.79 Å². The van der Waals surface area contributed by atoms with Gasteiger partial charge in [0.2, 0.25) is 0 Å². The normalized spacial score (nSPS) is 12.0. The number of para-hydroxylation sites is 2. The molecule has 34 heavy (non-hydrogen) atoms. The Hall–Kier alpha value is -3.59. The largest absolute Gasteiger partial charge is 0.493 e. The average Bonchev–Trinajstić information content (AvgIpc) is 3.27. The molecule has 0 fully saturated rings. The van der Waals surface area contributed by atoms with Crippen LogP contribution >= 0.6 is 11.8 Å². The first-order valence-electron chi connectivity index (χ1n) is 10.5. The molecule has 0 saturated heterocycles. The third-order valence-electron chi connectivity index (χ3n) is 5.49. The highest BCUT2D eigenvalue weighted by Gasteiger charge is 2.25. The first-order chi connectivity index (χ1) is 16.5. The number of thioether (sulfide) groups is 1. The van der Waals surface area contributed by atoms with Crippen molar-refractivity contribution in [2.75, 3.05) is 20.8 Å². The minimum absolute atomic E-state index is 0.0161. The number of H-pyrrole nitrogens is 1. The Labute approximate surface area is 199 Å². The Morgan fingerprint density at radius 1 is 1.06 bits per heavy atom. The van der Waals surface area contributed by atoms with E-state index in [9.17, 15) is 13.6 Å². The van der Waals surface area contributed by atoms with Gasteiger partial charge in [-0.05, 0) is 41.6 Å². The second kappa shape index (κ2) is 10.6. The number of benzene rings is 2. The van der Waals surface area contributed by atoms with Crippen LogP contribution in [0.2, 0.25) is 0 Å². The quantitative estimate of drug-likeness (QED) is 0.309. The van der Waals surface area contributed by atoms with Crippen LogP contribution in [-0.2, 0) is 0 Å². The molecule has 0 saturated carbocycles. The summed E-state index contributed by atoms with van der Waals surface area (Å²) in [5.41, 5.74) is 2.83. The highest BCUT2D eigenvalue weighted by atomic mass is 32.2. The topological polar surface area (TPSA) is 76.2 Å². The molecular weight excluding hydrogens is 460 g/mol. The van der Waals surface area contributed by atoms with E-state index in [2.05, 4.69) is 15.3 Å². The van der Waals surface area contributed by atoms with Crippen LogP contribution in [0.1, 0.15) is 27.4 Å². The number of ether oxygens (including phenoxy) is 2. The summed E-state index contributed by atoms with van der Waals surface area (Å²) in [6.45, 7) is 0.192. The fourth-order valence-corrected chi connectivity index (χ4v) is 4.57. The summed E-state index contributed by atoms with van der Waals surface area (Å²) in [6.07, 6.45) is 3.29. The highest BCUT2D eigenvalue weighted by Crippen LogP contribution is 2.40. The van der Waals surface area contributed by atoms with Gasteiger partial charge < -0.3 is 19.8 Å². The first-order valence-corrected chi connectivity index (χ1v) is 11.4. The lowest BCUT2D eigenvalue weighted by atomic mass is 9.89. The van der Waals surface area contributed by atoms with Gasteiger partial charge >= 0.3 is 0 Å². The summed E-state index contributed by atoms with van der Waals surface area (Å²) in [5.74, 6) is -2.35. The van der Waals surface area contributed by atoms with Gasteiger partial charge in [-0.1, -0.05) is 30.3 Å². The van der Waals surface area contributed by atoms with E-state index in [1.807, 2.05) is 42.6 Å². The summed E-state index contributed by atoms with van der Waals surface area (Å²) in [7, 11) is 3.13. The molecule has 0 aliphatic heterocycles. The van der Waals surface area contributed by atoms with Crippen molar-refractivity contribution in [2.45, 2.75) is 16.7 Å². The van der Waals surface area contributed by atoms with Crippen molar-refractivity contribution >= 4 is 28.6 Å². The van der Waals surface area contributed by atoms with Crippen LogP contribution in [0.5, 0.6) is 11.5 Å². The predicted molar refractivity (Wildman–Crippen MR) is 128 cm³/mol. The van der Waals surface area contributed by atoms with Crippen LogP contribution in [0, 0.1) is 0 Å². The summed E-state index contributed by atoms with van der Waals surface area (Å²) < 4.78 is 37.0. The number of nitrogens with one attached hydrogen (secondary N) is 2. The number of pyridine rings is 1. The number of hydrogen-bond acceptors (Lipinski definition) is 5. The lowest BCUT2D eigenvalue weighted by Crippen LogP contribution is -2.29. The van der Waals surface area contributed by atoms with E-state index in [0.717, 1.165) is 22.0 Å². The number of carbonyl (C=O) groups is 1. The van der Waals surface area contributed by atoms with Gasteiger partial charge in [0, 0.05) is 41.3 Å². The Bertz CT molecular complexity index is 1300. The van der Waals surface area contributed by atoms with E-state index in [4.69, 9.17) is 9.47 Å². The monoisotopic (exact) mass is 483 g/mol. The molecule has 2 aromatic heterocycles. The molecule has 6 nitrogen and oxygen atoms in total. The smallest absolute Gasteiger partial charge is 0.290 e. The number of alkyl halides is 2. The maximum absolute atomic E-state index is 13.0. The maximum atomic E-state index is 13.0. The molecule has 0 spiro atoms. The molecule has 9 heteroatoms. The van der Waals surface area contributed by atoms with Gasteiger partial charge in [0.25, 0.3) is 11.7 Å². The van der Waals surface area contributed by atoms with Crippen molar-refractivity contribution in [3.63, 3.8) is 0 Å². The van der Waals surface area contributed by atoms with Crippen LogP contribution in [0.4, 0.5) is 8.78 Å². The third-order valence-corrected chi connectivity index (χ3v) is 6.22. The van der Waals surface area contributed by atoms with E-state index in [-0.39, 0.29) is 34.8 Å². The lowest BCUT2D eigenvalue weighted by molar-refractivity contribution is 0.0948. The number of fused-ring (bicyclic) bond motifs is 1. The van der Waals surface area contributed by atoms with Crippen molar-refractivity contribution in [1.29, 1.82) is 0 Å². The van der Waals surface area contributed by atoms with Crippen LogP contribution < -0.4 is 14.8 Å². The number of carbonyl (C=O) groups excluding carboxylic acids is 1. The number of amides is 1. The van der Waals surface area contributed by atoms with Crippen LogP contribution in [0.25, 0.3) is 10.9 Å². The number of nitrogens with zero attached hydrogens (tertiary/aromatic N) is 1. The maximum Gasteiger partial charge on any atom is 0.290 e. The van der Waals surface area contributed by atoms with Gasteiger partial charge in [-0.25, -0.2) is 4.98 Å². The van der Waals surface area contributed by atoms with E-state index in [0.29, 0.717) is 11.5 Å². The van der Waals surface area contributed by atoms with E-state index >= 15 is 0 Å². The van der Waals surface area contributed by atoms with Gasteiger partial charge in [-0.2, -0.15) is 8.78 Å². The number of rotatable bonds is 9. The third kappa shape index (κ3) is 4.84. The summed E-state index contributed by atoms with van der Waals surface area (Å²) >= 11 is 0.248. The Morgan fingerprint density at radius 2 is 1.88 bits per heavy atom. The zero-order valence-corrected chi connectivity index (χ0v) is 19.4. The number of methoxy groups -OCH3 is 2. The Balaban J connectivity index is 1.72. The summed E-state index contributed by atoms with van der Waals surface area (Å²) in [5, 5.41) is 3.89. The number of halogens is 2. The summed E-state index contributed by atoms with van der Waals surface area (Å²) in [4.78, 5) is 20.2. The fourth-order valence-electron chi connectivity index (χ4n) is 3.99. The second-order valence-electron chi connectivity index (χ2n) is 7.37. The molecule has 0 aliphatic carbocycles. The molecule has 0 bridgehead atoms. The molecule has 1 atom stereocenters. The molecule has 0 aliphatic rings. The molecule has 2 aromatic carbocycles. The summed E-state index contributed by atoms with van der Waals surface area (Å²) in [6, 6.07) is 16.5. The van der Waals surface area contributed by atoms with Crippen LogP contribution in [0.3, 0.4) is 0 Å². The fraction of sp³-hybridized carbons (Fsp3) is 0.200. The van der Waals surface area contributed by atoms with E-state index in [1.165, 1.54) is 12.3 Å². The highest BCUT2D eigenvalue weighted by molar-refractivity contribution is 7.99. The number of hydrogen-bond donors (Lipinski definition) is 2. The van der Waals surface area contributed by atoms with Gasteiger partial charge in [0.1, 0.15) is 5.03 Å². The van der Waals surface area contributed by atoms with E-state index in [1.54, 1.807) is 26.4 Å². The Morgan fingerprint density at radius 3 is 2.65 bits per heavy atom. The molecule has 1 amide bonds. The Kier molecular flexibility index (Phi) is 7.32. The molecule has 2 heterocycles. The minimum Gasteiger partial charge on any atom is -0.493 e. The van der Waals surface area contributed by atoms with Crippen molar-refractivity contribution in [3.8, 4) is 11.5 Å².